The van der Waals surface area contributed by atoms with Crippen molar-refractivity contribution in [2.24, 2.45) is 0 Å². The molecule has 0 atom stereocenters. The van der Waals surface area contributed by atoms with Gasteiger partial charge in [-0.2, -0.15) is 5.10 Å². The molecule has 3 rings (SSSR count). The fourth-order valence-electron chi connectivity index (χ4n) is 2.27. The van der Waals surface area contributed by atoms with Crippen LogP contribution < -0.4 is 4.74 Å². The molecule has 1 aromatic carbocycles. The van der Waals surface area contributed by atoms with E-state index in [-0.39, 0.29) is 21.6 Å². The highest BCUT2D eigenvalue weighted by Crippen LogP contribution is 2.26. The molecule has 0 aliphatic heterocycles. The molecule has 124 valence electrons. The highest BCUT2D eigenvalue weighted by atomic mass is 35.5. The summed E-state index contributed by atoms with van der Waals surface area (Å²) in [6.07, 6.45) is 0. The molecule has 0 radical (unpaired) electrons. The van der Waals surface area contributed by atoms with Crippen molar-refractivity contribution in [3.05, 3.63) is 46.0 Å². The van der Waals surface area contributed by atoms with Crippen LogP contribution in [0.1, 0.15) is 16.1 Å². The number of methoxy groups -OCH3 is 2. The van der Waals surface area contributed by atoms with E-state index in [0.717, 1.165) is 11.3 Å². The first-order chi connectivity index (χ1) is 11.5. The Morgan fingerprint density at radius 1 is 1.17 bits per heavy atom. The zero-order chi connectivity index (χ0) is 17.3. The van der Waals surface area contributed by atoms with Gasteiger partial charge in [-0.05, 0) is 29.3 Å². The van der Waals surface area contributed by atoms with Crippen LogP contribution in [-0.4, -0.2) is 39.9 Å². The normalized spacial score (nSPS) is 10.8. The summed E-state index contributed by atoms with van der Waals surface area (Å²) in [7, 11) is 2.86. The van der Waals surface area contributed by atoms with Crippen molar-refractivity contribution in [3.63, 3.8) is 0 Å². The van der Waals surface area contributed by atoms with E-state index in [9.17, 15) is 4.79 Å². The molecule has 0 spiro atoms. The number of esters is 1. The Bertz CT molecular complexity index is 909. The van der Waals surface area contributed by atoms with Crippen LogP contribution in [0.4, 0.5) is 0 Å². The van der Waals surface area contributed by atoms with Crippen LogP contribution in [0.2, 0.25) is 10.4 Å². The van der Waals surface area contributed by atoms with Crippen molar-refractivity contribution in [2.75, 3.05) is 14.2 Å². The van der Waals surface area contributed by atoms with E-state index >= 15 is 0 Å². The molecule has 2 aromatic heterocycles. The van der Waals surface area contributed by atoms with Crippen LogP contribution in [0.25, 0.3) is 11.0 Å². The Balaban J connectivity index is 2.11. The van der Waals surface area contributed by atoms with Gasteiger partial charge in [0.15, 0.2) is 10.8 Å². The molecule has 0 aliphatic rings. The second kappa shape index (κ2) is 6.62. The van der Waals surface area contributed by atoms with Gasteiger partial charge in [0, 0.05) is 0 Å². The molecule has 0 bridgehead atoms. The molecule has 0 amide bonds. The van der Waals surface area contributed by atoms with Crippen LogP contribution in [0, 0.1) is 0 Å². The summed E-state index contributed by atoms with van der Waals surface area (Å²) >= 11 is 12.0. The lowest BCUT2D eigenvalue weighted by atomic mass is 10.2. The number of hydrogen-bond acceptors (Lipinski definition) is 6. The highest BCUT2D eigenvalue weighted by Gasteiger charge is 2.22. The minimum Gasteiger partial charge on any atom is -0.497 e. The molecule has 3 aromatic rings. The summed E-state index contributed by atoms with van der Waals surface area (Å²) in [5.41, 5.74) is 1.63. The third kappa shape index (κ3) is 3.00. The number of fused-ring (bicyclic) bond motifs is 1. The molecule has 0 unspecified atom stereocenters. The third-order valence-corrected chi connectivity index (χ3v) is 3.82. The molecular formula is C15H12Cl2N4O3. The van der Waals surface area contributed by atoms with Crippen LogP contribution in [-0.2, 0) is 11.3 Å². The lowest BCUT2D eigenvalue weighted by molar-refractivity contribution is 0.0595. The minimum atomic E-state index is -0.626. The quantitative estimate of drug-likeness (QED) is 0.401. The van der Waals surface area contributed by atoms with Gasteiger partial charge in [0.1, 0.15) is 16.8 Å². The van der Waals surface area contributed by atoms with Gasteiger partial charge in [0.25, 0.3) is 0 Å². The zero-order valence-electron chi connectivity index (χ0n) is 12.8. The van der Waals surface area contributed by atoms with Crippen LogP contribution in [0.15, 0.2) is 24.3 Å². The van der Waals surface area contributed by atoms with Crippen LogP contribution >= 0.6 is 23.2 Å². The van der Waals surface area contributed by atoms with E-state index in [0.29, 0.717) is 12.1 Å². The molecular weight excluding hydrogens is 355 g/mol. The van der Waals surface area contributed by atoms with Gasteiger partial charge < -0.3 is 9.47 Å². The zero-order valence-corrected chi connectivity index (χ0v) is 14.3. The van der Waals surface area contributed by atoms with Gasteiger partial charge in [-0.15, -0.1) is 0 Å². The van der Waals surface area contributed by atoms with E-state index < -0.39 is 5.97 Å². The number of halogens is 2. The fourth-order valence-corrected chi connectivity index (χ4v) is 2.75. The van der Waals surface area contributed by atoms with Crippen molar-refractivity contribution in [2.45, 2.75) is 6.54 Å². The topological polar surface area (TPSA) is 79.1 Å². The number of rotatable bonds is 4. The molecule has 9 heteroatoms. The summed E-state index contributed by atoms with van der Waals surface area (Å²) in [5.74, 6) is 0.117. The Morgan fingerprint density at radius 3 is 2.50 bits per heavy atom. The summed E-state index contributed by atoms with van der Waals surface area (Å²) in [6, 6.07) is 7.43. The second-order valence-electron chi connectivity index (χ2n) is 4.83. The molecule has 0 saturated carbocycles. The van der Waals surface area contributed by atoms with Crippen molar-refractivity contribution in [1.29, 1.82) is 0 Å². The van der Waals surface area contributed by atoms with E-state index in [4.69, 9.17) is 32.7 Å². The first-order valence-corrected chi connectivity index (χ1v) is 7.60. The number of ether oxygens (including phenoxy) is 2. The Morgan fingerprint density at radius 2 is 1.88 bits per heavy atom. The molecule has 0 N–H and O–H groups in total. The fraction of sp³-hybridized carbons (Fsp3) is 0.200. The number of carbonyl (C=O) groups is 1. The number of nitrogens with zero attached hydrogens (tertiary/aromatic N) is 4. The molecule has 7 nitrogen and oxygen atoms in total. The maximum absolute atomic E-state index is 11.9. The van der Waals surface area contributed by atoms with Crippen molar-refractivity contribution >= 4 is 40.2 Å². The molecule has 0 aliphatic carbocycles. The summed E-state index contributed by atoms with van der Waals surface area (Å²) < 4.78 is 11.4. The molecule has 0 saturated heterocycles. The number of benzene rings is 1. The summed E-state index contributed by atoms with van der Waals surface area (Å²) in [5, 5.41) is 4.31. The number of hydrogen-bond donors (Lipinski definition) is 0. The summed E-state index contributed by atoms with van der Waals surface area (Å²) in [6.45, 7) is 0.363. The smallest absolute Gasteiger partial charge is 0.360 e. The van der Waals surface area contributed by atoms with Crippen LogP contribution in [0.3, 0.4) is 0 Å². The Kier molecular flexibility index (Phi) is 4.55. The predicted octanol–water partition coefficient (Wildman–Crippen LogP) is 2.98. The van der Waals surface area contributed by atoms with Crippen LogP contribution in [0.5, 0.6) is 5.75 Å². The van der Waals surface area contributed by atoms with E-state index in [2.05, 4.69) is 15.1 Å². The van der Waals surface area contributed by atoms with Crippen molar-refractivity contribution in [1.82, 2.24) is 19.7 Å². The lowest BCUT2D eigenvalue weighted by Crippen LogP contribution is -2.06. The first kappa shape index (κ1) is 16.5. The average Bonchev–Trinajstić information content (AvgIpc) is 2.93. The highest BCUT2D eigenvalue weighted by molar-refractivity contribution is 6.35. The second-order valence-corrected chi connectivity index (χ2v) is 5.52. The van der Waals surface area contributed by atoms with Gasteiger partial charge in [0.2, 0.25) is 5.28 Å². The van der Waals surface area contributed by atoms with E-state index in [1.165, 1.54) is 7.11 Å². The number of aromatic nitrogens is 4. The third-order valence-electron chi connectivity index (χ3n) is 3.39. The van der Waals surface area contributed by atoms with Crippen molar-refractivity contribution < 1.29 is 14.3 Å². The van der Waals surface area contributed by atoms with Gasteiger partial charge >= 0.3 is 5.97 Å². The number of carbonyl (C=O) groups excluding carboxylic acids is 1. The Labute approximate surface area is 147 Å². The van der Waals surface area contributed by atoms with Gasteiger partial charge in [-0.25, -0.2) is 14.8 Å². The minimum absolute atomic E-state index is 0.0345. The summed E-state index contributed by atoms with van der Waals surface area (Å²) in [4.78, 5) is 19.9. The van der Waals surface area contributed by atoms with Gasteiger partial charge in [0.05, 0.1) is 20.8 Å². The maximum Gasteiger partial charge on any atom is 0.360 e. The maximum atomic E-state index is 11.9. The monoisotopic (exact) mass is 366 g/mol. The van der Waals surface area contributed by atoms with E-state index in [1.807, 2.05) is 24.3 Å². The molecule has 24 heavy (non-hydrogen) atoms. The standard InChI is InChI=1S/C15H12Cl2N4O3/c1-23-9-5-3-8(4-6-9)7-21-12-10(11(20-21)14(22)24-2)18-15(17)19-13(12)16/h3-6H,7H2,1-2H3. The SMILES string of the molecule is COC(=O)c1nn(Cc2ccc(OC)cc2)c2c(Cl)nc(Cl)nc12. The lowest BCUT2D eigenvalue weighted by Gasteiger charge is -2.06. The predicted molar refractivity (Wildman–Crippen MR) is 88.8 cm³/mol. The molecule has 2 heterocycles. The Hall–Kier alpha value is -2.38. The molecule has 0 fully saturated rings. The largest absolute Gasteiger partial charge is 0.497 e. The van der Waals surface area contributed by atoms with Gasteiger partial charge in [-0.1, -0.05) is 23.7 Å². The average molecular weight is 367 g/mol. The van der Waals surface area contributed by atoms with Crippen molar-refractivity contribution in [3.8, 4) is 5.75 Å². The first-order valence-electron chi connectivity index (χ1n) is 6.84. The van der Waals surface area contributed by atoms with E-state index in [1.54, 1.807) is 11.8 Å². The van der Waals surface area contributed by atoms with Gasteiger partial charge in [-0.3, -0.25) is 4.68 Å².